The lowest BCUT2D eigenvalue weighted by molar-refractivity contribution is 1.19. The molecule has 0 radical (unpaired) electrons. The molecule has 208 valence electrons. The van der Waals surface area contributed by atoms with Crippen LogP contribution in [-0.4, -0.2) is 9.97 Å². The van der Waals surface area contributed by atoms with Crippen LogP contribution in [0.15, 0.2) is 170 Å². The number of hydrogen-bond donors (Lipinski definition) is 0. The van der Waals surface area contributed by atoms with Crippen molar-refractivity contribution in [3.63, 3.8) is 0 Å². The highest BCUT2D eigenvalue weighted by Gasteiger charge is 2.23. The fourth-order valence-electron chi connectivity index (χ4n) is 6.13. The highest BCUT2D eigenvalue weighted by Crippen LogP contribution is 2.46. The summed E-state index contributed by atoms with van der Waals surface area (Å²) >= 11 is 0. The molecule has 2 aromatic heterocycles. The van der Waals surface area contributed by atoms with Crippen molar-refractivity contribution in [2.75, 3.05) is 9.80 Å². The van der Waals surface area contributed by atoms with E-state index in [1.807, 2.05) is 24.5 Å². The first-order valence-electron chi connectivity index (χ1n) is 14.8. The van der Waals surface area contributed by atoms with Gasteiger partial charge < -0.3 is 0 Å². The second-order valence-corrected chi connectivity index (χ2v) is 10.7. The second kappa shape index (κ2) is 11.0. The minimum atomic E-state index is 0.892. The van der Waals surface area contributed by atoms with Gasteiger partial charge in [0.1, 0.15) is 11.6 Å². The van der Waals surface area contributed by atoms with Gasteiger partial charge in [-0.15, -0.1) is 0 Å². The van der Waals surface area contributed by atoms with Crippen LogP contribution in [0.4, 0.5) is 34.4 Å². The summed E-state index contributed by atoms with van der Waals surface area (Å²) in [6.45, 7) is 0. The summed E-state index contributed by atoms with van der Waals surface area (Å²) in [7, 11) is 0. The number of hydrogen-bond acceptors (Lipinski definition) is 4. The van der Waals surface area contributed by atoms with Gasteiger partial charge in [0.2, 0.25) is 0 Å². The van der Waals surface area contributed by atoms with E-state index in [0.717, 1.165) is 66.7 Å². The number of nitrogens with zero attached hydrogens (tertiary/aromatic N) is 4. The predicted octanol–water partition coefficient (Wildman–Crippen LogP) is 10.9. The Hall–Kier alpha value is -6.00. The molecule has 0 unspecified atom stereocenters. The third-order valence-corrected chi connectivity index (χ3v) is 8.12. The van der Waals surface area contributed by atoms with E-state index in [0.29, 0.717) is 0 Å². The van der Waals surface area contributed by atoms with Gasteiger partial charge >= 0.3 is 0 Å². The molecule has 0 aliphatic carbocycles. The molecule has 0 saturated carbocycles. The summed E-state index contributed by atoms with van der Waals surface area (Å²) in [6.07, 6.45) is 3.79. The number of rotatable bonds is 6. The lowest BCUT2D eigenvalue weighted by Gasteiger charge is -2.30. The quantitative estimate of drug-likeness (QED) is 0.201. The topological polar surface area (TPSA) is 32.3 Å². The Morgan fingerprint density at radius 1 is 0.318 bits per heavy atom. The van der Waals surface area contributed by atoms with E-state index in [1.165, 1.54) is 0 Å². The molecule has 0 fully saturated rings. The first kappa shape index (κ1) is 25.7. The molecule has 0 saturated heterocycles. The summed E-state index contributed by atoms with van der Waals surface area (Å²) in [5.41, 5.74) is 4.20. The zero-order chi connectivity index (χ0) is 29.3. The average molecular weight is 565 g/mol. The Bertz CT molecular complexity index is 2070. The van der Waals surface area contributed by atoms with Gasteiger partial charge in [-0.2, -0.15) is 0 Å². The van der Waals surface area contributed by atoms with Crippen LogP contribution in [0.3, 0.4) is 0 Å². The summed E-state index contributed by atoms with van der Waals surface area (Å²) < 4.78 is 0. The van der Waals surface area contributed by atoms with E-state index < -0.39 is 0 Å². The van der Waals surface area contributed by atoms with Crippen molar-refractivity contribution < 1.29 is 0 Å². The standard InChI is InChI=1S/C40H28N4/c1-3-15-31(16-4-1)43(39-33-19-9-7-13-29(33)25-27-41-39)37-23-24-38(36-22-12-11-21-35(36)37)44(32-17-5-2-6-18-32)40-34-20-10-8-14-30(34)26-28-42-40/h1-28H. The first-order chi connectivity index (χ1) is 21.9. The molecular weight excluding hydrogens is 536 g/mol. The smallest absolute Gasteiger partial charge is 0.145 e. The van der Waals surface area contributed by atoms with Crippen molar-refractivity contribution in [2.24, 2.45) is 0 Å². The van der Waals surface area contributed by atoms with Gasteiger partial charge in [-0.3, -0.25) is 9.80 Å². The molecular formula is C40H28N4. The maximum atomic E-state index is 4.96. The lowest BCUT2D eigenvalue weighted by Crippen LogP contribution is -2.15. The Labute approximate surface area is 256 Å². The highest BCUT2D eigenvalue weighted by molar-refractivity contribution is 6.10. The molecule has 8 rings (SSSR count). The Morgan fingerprint density at radius 2 is 0.682 bits per heavy atom. The first-order valence-corrected chi connectivity index (χ1v) is 14.8. The van der Waals surface area contributed by atoms with E-state index in [2.05, 4.69) is 155 Å². The van der Waals surface area contributed by atoms with Crippen LogP contribution in [0, 0.1) is 0 Å². The van der Waals surface area contributed by atoms with Crippen molar-refractivity contribution >= 4 is 66.7 Å². The monoisotopic (exact) mass is 564 g/mol. The van der Waals surface area contributed by atoms with Crippen LogP contribution >= 0.6 is 0 Å². The zero-order valence-corrected chi connectivity index (χ0v) is 24.0. The minimum absolute atomic E-state index is 0.892. The molecule has 0 N–H and O–H groups in total. The van der Waals surface area contributed by atoms with Crippen LogP contribution < -0.4 is 9.80 Å². The molecule has 44 heavy (non-hydrogen) atoms. The third kappa shape index (κ3) is 4.41. The molecule has 0 spiro atoms. The molecule has 2 heterocycles. The zero-order valence-electron chi connectivity index (χ0n) is 24.0. The molecule has 4 nitrogen and oxygen atoms in total. The van der Waals surface area contributed by atoms with Gasteiger partial charge in [0.15, 0.2) is 0 Å². The van der Waals surface area contributed by atoms with Crippen LogP contribution in [0.5, 0.6) is 0 Å². The molecule has 0 bridgehead atoms. The molecule has 4 heteroatoms. The Kier molecular flexibility index (Phi) is 6.43. The van der Waals surface area contributed by atoms with Crippen LogP contribution in [0.1, 0.15) is 0 Å². The van der Waals surface area contributed by atoms with Crippen LogP contribution in [0.25, 0.3) is 32.3 Å². The molecule has 0 amide bonds. The summed E-state index contributed by atoms with van der Waals surface area (Å²) in [5.74, 6) is 1.78. The molecule has 6 aromatic carbocycles. The summed E-state index contributed by atoms with van der Waals surface area (Å²) in [6, 6.07) is 55.0. The Balaban J connectivity index is 1.41. The number of pyridine rings is 2. The van der Waals surface area contributed by atoms with Crippen LogP contribution in [-0.2, 0) is 0 Å². The van der Waals surface area contributed by atoms with Gasteiger partial charge in [-0.25, -0.2) is 9.97 Å². The number of aromatic nitrogens is 2. The molecule has 0 aliphatic heterocycles. The van der Waals surface area contributed by atoms with Gasteiger partial charge in [0, 0.05) is 45.3 Å². The third-order valence-electron chi connectivity index (χ3n) is 8.12. The van der Waals surface area contributed by atoms with Gasteiger partial charge in [0.05, 0.1) is 11.4 Å². The lowest BCUT2D eigenvalue weighted by atomic mass is 10.0. The Morgan fingerprint density at radius 3 is 1.11 bits per heavy atom. The van der Waals surface area contributed by atoms with Crippen molar-refractivity contribution in [1.29, 1.82) is 0 Å². The van der Waals surface area contributed by atoms with E-state index in [-0.39, 0.29) is 0 Å². The highest BCUT2D eigenvalue weighted by atomic mass is 15.2. The number of anilines is 6. The van der Waals surface area contributed by atoms with Gasteiger partial charge in [-0.1, -0.05) is 109 Å². The van der Waals surface area contributed by atoms with Crippen molar-refractivity contribution in [3.8, 4) is 0 Å². The number of benzene rings is 6. The molecule has 0 atom stereocenters. The minimum Gasteiger partial charge on any atom is -0.294 e. The normalized spacial score (nSPS) is 11.2. The molecule has 0 aliphatic rings. The van der Waals surface area contributed by atoms with Crippen molar-refractivity contribution in [1.82, 2.24) is 9.97 Å². The van der Waals surface area contributed by atoms with E-state index in [1.54, 1.807) is 0 Å². The number of para-hydroxylation sites is 2. The maximum absolute atomic E-state index is 4.96. The number of fused-ring (bicyclic) bond motifs is 3. The largest absolute Gasteiger partial charge is 0.294 e. The summed E-state index contributed by atoms with van der Waals surface area (Å²) in [4.78, 5) is 14.5. The van der Waals surface area contributed by atoms with Crippen LogP contribution in [0.2, 0.25) is 0 Å². The maximum Gasteiger partial charge on any atom is 0.145 e. The van der Waals surface area contributed by atoms with Crippen molar-refractivity contribution in [2.45, 2.75) is 0 Å². The van der Waals surface area contributed by atoms with E-state index in [4.69, 9.17) is 9.97 Å². The van der Waals surface area contributed by atoms with E-state index in [9.17, 15) is 0 Å². The summed E-state index contributed by atoms with van der Waals surface area (Å²) in [5, 5.41) is 6.72. The van der Waals surface area contributed by atoms with Gasteiger partial charge in [-0.05, 0) is 59.3 Å². The van der Waals surface area contributed by atoms with E-state index >= 15 is 0 Å². The fraction of sp³-hybridized carbons (Fsp3) is 0. The molecule has 8 aromatic rings. The fourth-order valence-corrected chi connectivity index (χ4v) is 6.13. The second-order valence-electron chi connectivity index (χ2n) is 10.7. The van der Waals surface area contributed by atoms with Gasteiger partial charge in [0.25, 0.3) is 0 Å². The predicted molar refractivity (Wildman–Crippen MR) is 184 cm³/mol. The SMILES string of the molecule is c1ccc(N(c2nccc3ccccc23)c2ccc(N(c3ccccc3)c3nccc4ccccc34)c3ccccc23)cc1. The van der Waals surface area contributed by atoms with Crippen molar-refractivity contribution in [3.05, 3.63) is 170 Å². The average Bonchev–Trinajstić information content (AvgIpc) is 3.10.